The monoisotopic (exact) mass is 290 g/mol. The molecule has 15 heavy (non-hydrogen) atoms. The van der Waals surface area contributed by atoms with Gasteiger partial charge in [0.1, 0.15) is 12.4 Å². The summed E-state index contributed by atoms with van der Waals surface area (Å²) < 4.78 is 6.31. The van der Waals surface area contributed by atoms with E-state index in [1.165, 1.54) is 0 Å². The molecular weight excluding hydrogens is 279 g/mol. The topological polar surface area (TPSA) is 29.5 Å². The van der Waals surface area contributed by atoms with Gasteiger partial charge in [-0.25, -0.2) is 0 Å². The summed E-state index contributed by atoms with van der Waals surface area (Å²) in [6.07, 6.45) is -0.573. The summed E-state index contributed by atoms with van der Waals surface area (Å²) in [6.45, 7) is 5.45. The van der Waals surface area contributed by atoms with Crippen LogP contribution in [0.15, 0.2) is 34.3 Å². The number of aliphatic hydroxyl groups is 1. The fraction of sp³-hybridized carbons (Fsp3) is 0.273. The van der Waals surface area contributed by atoms with Crippen LogP contribution in [0.5, 0.6) is 5.75 Å². The first-order valence-corrected chi connectivity index (χ1v) is 5.61. The normalized spacial score (nSPS) is 12.3. The third-order valence-electron chi connectivity index (χ3n) is 1.81. The second-order valence-corrected chi connectivity index (χ2v) is 4.61. The van der Waals surface area contributed by atoms with Gasteiger partial charge < -0.3 is 9.84 Å². The van der Waals surface area contributed by atoms with E-state index in [1.807, 2.05) is 6.07 Å². The van der Waals surface area contributed by atoms with E-state index in [4.69, 9.17) is 16.3 Å². The predicted molar refractivity (Wildman–Crippen MR) is 65.3 cm³/mol. The summed E-state index contributed by atoms with van der Waals surface area (Å²) in [4.78, 5) is 0. The molecule has 0 unspecified atom stereocenters. The number of hydrogen-bond acceptors (Lipinski definition) is 2. The highest BCUT2D eigenvalue weighted by molar-refractivity contribution is 9.10. The molecular formula is C11H12BrClO2. The number of rotatable bonds is 4. The maximum absolute atomic E-state index is 9.51. The molecule has 0 amide bonds. The van der Waals surface area contributed by atoms with Crippen LogP contribution in [0, 0.1) is 0 Å². The molecule has 0 heterocycles. The van der Waals surface area contributed by atoms with Crippen LogP contribution in [-0.4, -0.2) is 11.7 Å². The number of benzene rings is 1. The van der Waals surface area contributed by atoms with Gasteiger partial charge in [0, 0.05) is 15.1 Å². The Morgan fingerprint density at radius 1 is 1.67 bits per heavy atom. The molecule has 0 saturated carbocycles. The molecule has 1 atom stereocenters. The van der Waals surface area contributed by atoms with E-state index >= 15 is 0 Å². The summed E-state index contributed by atoms with van der Waals surface area (Å²) in [6, 6.07) is 5.45. The lowest BCUT2D eigenvalue weighted by molar-refractivity contribution is 0.193. The van der Waals surface area contributed by atoms with E-state index in [-0.39, 0.29) is 6.61 Å². The fourth-order valence-electron chi connectivity index (χ4n) is 1.13. The van der Waals surface area contributed by atoms with Crippen molar-refractivity contribution in [2.75, 3.05) is 6.61 Å². The lowest BCUT2D eigenvalue weighted by Crippen LogP contribution is -2.02. The van der Waals surface area contributed by atoms with Crippen LogP contribution in [0.25, 0.3) is 0 Å². The third kappa shape index (κ3) is 3.86. The van der Waals surface area contributed by atoms with E-state index in [0.29, 0.717) is 10.8 Å². The average molecular weight is 292 g/mol. The Morgan fingerprint density at radius 2 is 2.33 bits per heavy atom. The van der Waals surface area contributed by atoms with Crippen molar-refractivity contribution in [1.82, 2.24) is 0 Å². The Balaban J connectivity index is 2.91. The van der Waals surface area contributed by atoms with Crippen LogP contribution >= 0.6 is 27.5 Å². The van der Waals surface area contributed by atoms with Gasteiger partial charge in [-0.3, -0.25) is 0 Å². The largest absolute Gasteiger partial charge is 0.488 e. The number of hydrogen-bond donors (Lipinski definition) is 1. The van der Waals surface area contributed by atoms with Crippen LogP contribution in [0.4, 0.5) is 0 Å². The minimum Gasteiger partial charge on any atom is -0.488 e. The zero-order valence-corrected chi connectivity index (χ0v) is 10.7. The molecule has 1 N–H and O–H groups in total. The van der Waals surface area contributed by atoms with Crippen LogP contribution in [0.3, 0.4) is 0 Å². The highest BCUT2D eigenvalue weighted by Gasteiger charge is 2.09. The molecule has 0 aliphatic heterocycles. The van der Waals surface area contributed by atoms with Crippen molar-refractivity contribution >= 4 is 27.5 Å². The van der Waals surface area contributed by atoms with Gasteiger partial charge in [-0.1, -0.05) is 40.2 Å². The second-order valence-electron chi connectivity index (χ2n) is 3.16. The van der Waals surface area contributed by atoms with Gasteiger partial charge in [-0.15, -0.1) is 0 Å². The van der Waals surface area contributed by atoms with E-state index in [1.54, 1.807) is 19.1 Å². The zero-order valence-electron chi connectivity index (χ0n) is 8.34. The summed E-state index contributed by atoms with van der Waals surface area (Å²) in [7, 11) is 0. The van der Waals surface area contributed by atoms with Gasteiger partial charge >= 0.3 is 0 Å². The van der Waals surface area contributed by atoms with Crippen molar-refractivity contribution in [1.29, 1.82) is 0 Å². The van der Waals surface area contributed by atoms with E-state index < -0.39 is 6.10 Å². The molecule has 1 aromatic rings. The summed E-state index contributed by atoms with van der Waals surface area (Å²) in [5.41, 5.74) is 0.733. The zero-order chi connectivity index (χ0) is 11.4. The molecule has 82 valence electrons. The Morgan fingerprint density at radius 3 is 2.87 bits per heavy atom. The summed E-state index contributed by atoms with van der Waals surface area (Å²) in [5.74, 6) is 0.612. The maximum Gasteiger partial charge on any atom is 0.126 e. The lowest BCUT2D eigenvalue weighted by Gasteiger charge is -2.13. The molecule has 0 fully saturated rings. The molecule has 0 aliphatic rings. The third-order valence-corrected chi connectivity index (χ3v) is 2.41. The fourth-order valence-corrected chi connectivity index (χ4v) is 1.53. The lowest BCUT2D eigenvalue weighted by atomic mass is 10.1. The molecule has 1 aromatic carbocycles. The standard InChI is InChI=1S/C11H12BrClO2/c1-7(13)6-15-11-5-9(12)3-4-10(11)8(2)14/h3-5,8,14H,1,6H2,2H3/t8-/m0/s1. The van der Waals surface area contributed by atoms with Gasteiger partial charge in [0.25, 0.3) is 0 Å². The molecule has 1 rings (SSSR count). The first kappa shape index (κ1) is 12.6. The maximum atomic E-state index is 9.51. The minimum atomic E-state index is -0.573. The van der Waals surface area contributed by atoms with Crippen LogP contribution in [-0.2, 0) is 0 Å². The first-order valence-electron chi connectivity index (χ1n) is 4.44. The van der Waals surface area contributed by atoms with Crippen molar-refractivity contribution in [2.24, 2.45) is 0 Å². The molecule has 0 aromatic heterocycles. The van der Waals surface area contributed by atoms with Crippen LogP contribution in [0.1, 0.15) is 18.6 Å². The van der Waals surface area contributed by atoms with E-state index in [9.17, 15) is 5.11 Å². The van der Waals surface area contributed by atoms with Crippen molar-refractivity contribution in [2.45, 2.75) is 13.0 Å². The number of aliphatic hydroxyl groups excluding tert-OH is 1. The summed E-state index contributed by atoms with van der Waals surface area (Å²) >= 11 is 8.94. The van der Waals surface area contributed by atoms with Gasteiger partial charge in [-0.2, -0.15) is 0 Å². The Labute approximate surface area is 103 Å². The Hall–Kier alpha value is -0.510. The minimum absolute atomic E-state index is 0.234. The number of halogens is 2. The molecule has 4 heteroatoms. The Kier molecular flexibility index (Phi) is 4.64. The van der Waals surface area contributed by atoms with Crippen molar-refractivity contribution in [3.8, 4) is 5.75 Å². The van der Waals surface area contributed by atoms with Gasteiger partial charge in [0.2, 0.25) is 0 Å². The molecule has 0 spiro atoms. The van der Waals surface area contributed by atoms with Crippen molar-refractivity contribution in [3.63, 3.8) is 0 Å². The first-order chi connectivity index (χ1) is 7.00. The van der Waals surface area contributed by atoms with Gasteiger partial charge in [-0.05, 0) is 19.1 Å². The number of ether oxygens (including phenoxy) is 1. The highest BCUT2D eigenvalue weighted by atomic mass is 79.9. The molecule has 0 saturated heterocycles. The average Bonchev–Trinajstić information content (AvgIpc) is 2.14. The van der Waals surface area contributed by atoms with Gasteiger partial charge in [0.15, 0.2) is 0 Å². The van der Waals surface area contributed by atoms with E-state index in [0.717, 1.165) is 10.0 Å². The molecule has 0 aliphatic carbocycles. The van der Waals surface area contributed by atoms with Crippen LogP contribution in [0.2, 0.25) is 0 Å². The molecule has 0 radical (unpaired) electrons. The Bertz CT molecular complexity index is 364. The van der Waals surface area contributed by atoms with Crippen LogP contribution < -0.4 is 4.74 Å². The molecule has 0 bridgehead atoms. The smallest absolute Gasteiger partial charge is 0.126 e. The van der Waals surface area contributed by atoms with Gasteiger partial charge in [0.05, 0.1) is 6.10 Å². The highest BCUT2D eigenvalue weighted by Crippen LogP contribution is 2.28. The summed E-state index contributed by atoms with van der Waals surface area (Å²) in [5, 5.41) is 9.93. The quantitative estimate of drug-likeness (QED) is 0.918. The van der Waals surface area contributed by atoms with Crippen molar-refractivity contribution < 1.29 is 9.84 Å². The van der Waals surface area contributed by atoms with E-state index in [2.05, 4.69) is 22.5 Å². The second kappa shape index (κ2) is 5.54. The SMILES string of the molecule is C=C(Cl)COc1cc(Br)ccc1[C@H](C)O. The van der Waals surface area contributed by atoms with Crippen molar-refractivity contribution in [3.05, 3.63) is 39.8 Å². The predicted octanol–water partition coefficient (Wildman–Crippen LogP) is 3.63. The molecule has 2 nitrogen and oxygen atoms in total.